The summed E-state index contributed by atoms with van der Waals surface area (Å²) in [5.41, 5.74) is 2.34. The van der Waals surface area contributed by atoms with Crippen LogP contribution in [0.2, 0.25) is 0 Å². The summed E-state index contributed by atoms with van der Waals surface area (Å²) in [7, 11) is 0. The first-order valence-corrected chi connectivity index (χ1v) is 6.65. The number of piperazine rings is 1. The summed E-state index contributed by atoms with van der Waals surface area (Å²) in [6.07, 6.45) is 0.518. The molecule has 0 aliphatic carbocycles. The Balaban J connectivity index is 2.05. The Labute approximate surface area is 109 Å². The third kappa shape index (κ3) is 2.91. The lowest BCUT2D eigenvalue weighted by Gasteiger charge is -2.37. The van der Waals surface area contributed by atoms with E-state index in [1.807, 2.05) is 23.1 Å². The number of hydrogen-bond donors (Lipinski definition) is 1. The van der Waals surface area contributed by atoms with Crippen LogP contribution in [0.15, 0.2) is 24.3 Å². The van der Waals surface area contributed by atoms with Crippen LogP contribution in [0.3, 0.4) is 0 Å². The quantitative estimate of drug-likeness (QED) is 0.862. The van der Waals surface area contributed by atoms with Crippen LogP contribution in [0, 0.1) is 6.92 Å². The third-order valence-corrected chi connectivity index (χ3v) is 3.69. The van der Waals surface area contributed by atoms with Crippen LogP contribution in [0.4, 0.5) is 0 Å². The van der Waals surface area contributed by atoms with Crippen LogP contribution in [0.25, 0.3) is 0 Å². The molecule has 3 nitrogen and oxygen atoms in total. The molecule has 1 amide bonds. The fourth-order valence-corrected chi connectivity index (χ4v) is 2.44. The van der Waals surface area contributed by atoms with Crippen molar-refractivity contribution >= 4 is 5.91 Å². The number of aryl methyl sites for hydroxylation is 1. The van der Waals surface area contributed by atoms with E-state index in [0.29, 0.717) is 12.5 Å². The number of carbonyl (C=O) groups is 1. The molecule has 3 heteroatoms. The van der Waals surface area contributed by atoms with Crippen LogP contribution in [-0.2, 0) is 11.2 Å². The molecule has 2 atom stereocenters. The summed E-state index contributed by atoms with van der Waals surface area (Å²) in [5, 5.41) is 3.40. The Morgan fingerprint density at radius 2 is 2.11 bits per heavy atom. The number of carbonyl (C=O) groups excluding carboxylic acids is 1. The minimum Gasteiger partial charge on any atom is -0.337 e. The fraction of sp³-hybridized carbons (Fsp3) is 0.533. The number of nitrogens with one attached hydrogen (secondary N) is 1. The molecule has 1 aromatic rings. The van der Waals surface area contributed by atoms with Crippen molar-refractivity contribution in [2.24, 2.45) is 0 Å². The maximum Gasteiger partial charge on any atom is 0.227 e. The van der Waals surface area contributed by atoms with Crippen molar-refractivity contribution in [2.75, 3.05) is 13.1 Å². The highest BCUT2D eigenvalue weighted by atomic mass is 16.2. The molecule has 1 heterocycles. The molecule has 1 N–H and O–H groups in total. The maximum atomic E-state index is 12.4. The van der Waals surface area contributed by atoms with Gasteiger partial charge in [0.15, 0.2) is 0 Å². The van der Waals surface area contributed by atoms with Gasteiger partial charge in [-0.1, -0.05) is 24.3 Å². The Morgan fingerprint density at radius 3 is 2.83 bits per heavy atom. The second-order valence-electron chi connectivity index (χ2n) is 5.31. The van der Waals surface area contributed by atoms with Crippen molar-refractivity contribution in [3.05, 3.63) is 35.4 Å². The van der Waals surface area contributed by atoms with Crippen LogP contribution < -0.4 is 5.32 Å². The van der Waals surface area contributed by atoms with Gasteiger partial charge >= 0.3 is 0 Å². The van der Waals surface area contributed by atoms with Gasteiger partial charge in [0.05, 0.1) is 6.42 Å². The van der Waals surface area contributed by atoms with Gasteiger partial charge in [0.1, 0.15) is 0 Å². The van der Waals surface area contributed by atoms with Gasteiger partial charge < -0.3 is 10.2 Å². The minimum absolute atomic E-state index is 0.241. The smallest absolute Gasteiger partial charge is 0.227 e. The predicted octanol–water partition coefficient (Wildman–Crippen LogP) is 1.75. The zero-order chi connectivity index (χ0) is 13.1. The van der Waals surface area contributed by atoms with E-state index < -0.39 is 0 Å². The van der Waals surface area contributed by atoms with Gasteiger partial charge in [-0.05, 0) is 31.9 Å². The molecule has 1 saturated heterocycles. The van der Waals surface area contributed by atoms with Crippen molar-refractivity contribution in [1.82, 2.24) is 10.2 Å². The van der Waals surface area contributed by atoms with Gasteiger partial charge in [-0.2, -0.15) is 0 Å². The van der Waals surface area contributed by atoms with Crippen molar-refractivity contribution in [3.8, 4) is 0 Å². The van der Waals surface area contributed by atoms with Crippen molar-refractivity contribution in [3.63, 3.8) is 0 Å². The van der Waals surface area contributed by atoms with Crippen molar-refractivity contribution < 1.29 is 4.79 Å². The van der Waals surface area contributed by atoms with E-state index in [1.54, 1.807) is 0 Å². The lowest BCUT2D eigenvalue weighted by molar-refractivity contribution is -0.133. The first-order chi connectivity index (χ1) is 8.58. The van der Waals surface area contributed by atoms with E-state index in [1.165, 1.54) is 5.56 Å². The van der Waals surface area contributed by atoms with E-state index in [9.17, 15) is 4.79 Å². The number of amides is 1. The van der Waals surface area contributed by atoms with E-state index in [2.05, 4.69) is 32.2 Å². The molecule has 0 radical (unpaired) electrons. The predicted molar refractivity (Wildman–Crippen MR) is 73.5 cm³/mol. The van der Waals surface area contributed by atoms with Crippen molar-refractivity contribution in [1.29, 1.82) is 0 Å². The van der Waals surface area contributed by atoms with Crippen LogP contribution >= 0.6 is 0 Å². The van der Waals surface area contributed by atoms with Crippen LogP contribution in [0.5, 0.6) is 0 Å². The topological polar surface area (TPSA) is 32.3 Å². The monoisotopic (exact) mass is 246 g/mol. The lowest BCUT2D eigenvalue weighted by atomic mass is 10.0. The molecule has 2 rings (SSSR count). The Morgan fingerprint density at radius 1 is 1.39 bits per heavy atom. The first kappa shape index (κ1) is 13.1. The Hall–Kier alpha value is -1.35. The number of rotatable bonds is 2. The summed E-state index contributed by atoms with van der Waals surface area (Å²) < 4.78 is 0. The molecule has 1 aromatic carbocycles. The van der Waals surface area contributed by atoms with E-state index >= 15 is 0 Å². The standard InChI is InChI=1S/C15H22N2O/c1-11-6-4-5-7-14(11)8-15(18)17-10-12(2)16-9-13(17)3/h4-7,12-13,16H,8-10H2,1-3H3. The average Bonchev–Trinajstić information content (AvgIpc) is 2.35. The molecule has 1 aliphatic rings. The lowest BCUT2D eigenvalue weighted by Crippen LogP contribution is -2.56. The molecule has 0 saturated carbocycles. The molecule has 0 bridgehead atoms. The van der Waals surface area contributed by atoms with Gasteiger partial charge in [0.2, 0.25) is 5.91 Å². The van der Waals surface area contributed by atoms with E-state index in [4.69, 9.17) is 0 Å². The zero-order valence-corrected chi connectivity index (χ0v) is 11.4. The SMILES string of the molecule is Cc1ccccc1CC(=O)N1CC(C)NCC1C. The van der Waals surface area contributed by atoms with Gasteiger partial charge in [-0.15, -0.1) is 0 Å². The Bertz CT molecular complexity index is 430. The van der Waals surface area contributed by atoms with Gasteiger partial charge in [0.25, 0.3) is 0 Å². The largest absolute Gasteiger partial charge is 0.337 e. The van der Waals surface area contributed by atoms with Gasteiger partial charge in [-0.25, -0.2) is 0 Å². The highest BCUT2D eigenvalue weighted by Crippen LogP contribution is 2.13. The zero-order valence-electron chi connectivity index (χ0n) is 11.4. The molecule has 0 aromatic heterocycles. The van der Waals surface area contributed by atoms with E-state index in [0.717, 1.165) is 18.7 Å². The van der Waals surface area contributed by atoms with Crippen LogP contribution in [0.1, 0.15) is 25.0 Å². The Kier molecular flexibility index (Phi) is 4.02. The molecular formula is C15H22N2O. The molecule has 1 aliphatic heterocycles. The molecular weight excluding hydrogens is 224 g/mol. The fourth-order valence-electron chi connectivity index (χ4n) is 2.44. The van der Waals surface area contributed by atoms with Gasteiger partial charge in [-0.3, -0.25) is 4.79 Å². The average molecular weight is 246 g/mol. The van der Waals surface area contributed by atoms with Gasteiger partial charge in [0, 0.05) is 25.2 Å². The first-order valence-electron chi connectivity index (χ1n) is 6.65. The van der Waals surface area contributed by atoms with Crippen molar-refractivity contribution in [2.45, 2.75) is 39.3 Å². The maximum absolute atomic E-state index is 12.4. The molecule has 2 unspecified atom stereocenters. The normalized spacial score (nSPS) is 24.1. The minimum atomic E-state index is 0.241. The number of nitrogens with zero attached hydrogens (tertiary/aromatic N) is 1. The highest BCUT2D eigenvalue weighted by Gasteiger charge is 2.26. The summed E-state index contributed by atoms with van der Waals surface area (Å²) >= 11 is 0. The highest BCUT2D eigenvalue weighted by molar-refractivity contribution is 5.79. The summed E-state index contributed by atoms with van der Waals surface area (Å²) in [4.78, 5) is 14.4. The molecule has 1 fully saturated rings. The molecule has 18 heavy (non-hydrogen) atoms. The summed E-state index contributed by atoms with van der Waals surface area (Å²) in [6, 6.07) is 8.80. The molecule has 98 valence electrons. The van der Waals surface area contributed by atoms with Crippen LogP contribution in [-0.4, -0.2) is 36.0 Å². The summed E-state index contributed by atoms with van der Waals surface area (Å²) in [6.45, 7) is 7.99. The summed E-state index contributed by atoms with van der Waals surface area (Å²) in [5.74, 6) is 0.241. The van der Waals surface area contributed by atoms with E-state index in [-0.39, 0.29) is 11.9 Å². The second-order valence-corrected chi connectivity index (χ2v) is 5.31. The number of benzene rings is 1. The molecule has 0 spiro atoms. The number of hydrogen-bond acceptors (Lipinski definition) is 2. The third-order valence-electron chi connectivity index (χ3n) is 3.69. The second kappa shape index (κ2) is 5.53.